The minimum Gasteiger partial charge on any atom is -0.352 e. The van der Waals surface area contributed by atoms with E-state index in [-0.39, 0.29) is 24.3 Å². The van der Waals surface area contributed by atoms with Gasteiger partial charge in [-0.1, -0.05) is 17.3 Å². The van der Waals surface area contributed by atoms with Crippen LogP contribution in [0.3, 0.4) is 0 Å². The summed E-state index contributed by atoms with van der Waals surface area (Å²) in [5.41, 5.74) is 5.76. The van der Waals surface area contributed by atoms with Crippen LogP contribution >= 0.6 is 0 Å². The standard InChI is InChI=1S/C17H18F3N5O3/c18-17(19,20)15-23-13(24-28-15)10-4-6-11(7-5-10)14(26)25-8-2-1-3-12(25)9-22-16(21)27/h4-7,12H,1-3,8-9H2,(H3,21,22,27)/t12-/m1/s1. The van der Waals surface area contributed by atoms with Gasteiger partial charge in [-0.15, -0.1) is 0 Å². The van der Waals surface area contributed by atoms with Crippen molar-refractivity contribution in [1.82, 2.24) is 20.4 Å². The van der Waals surface area contributed by atoms with Crippen LogP contribution in [0.15, 0.2) is 28.8 Å². The van der Waals surface area contributed by atoms with Gasteiger partial charge in [0.05, 0.1) is 0 Å². The molecule has 1 saturated heterocycles. The first-order chi connectivity index (χ1) is 13.3. The highest BCUT2D eigenvalue weighted by Gasteiger charge is 2.38. The number of rotatable bonds is 4. The number of hydrogen-bond donors (Lipinski definition) is 2. The third-order valence-electron chi connectivity index (χ3n) is 4.46. The van der Waals surface area contributed by atoms with Gasteiger partial charge in [0.25, 0.3) is 5.91 Å². The molecule has 3 amide bonds. The second kappa shape index (κ2) is 7.87. The quantitative estimate of drug-likeness (QED) is 0.822. The summed E-state index contributed by atoms with van der Waals surface area (Å²) >= 11 is 0. The van der Waals surface area contributed by atoms with E-state index >= 15 is 0 Å². The first-order valence-electron chi connectivity index (χ1n) is 8.61. The zero-order valence-electron chi connectivity index (χ0n) is 14.7. The zero-order chi connectivity index (χ0) is 20.3. The number of amides is 3. The predicted molar refractivity (Wildman–Crippen MR) is 91.0 cm³/mol. The Morgan fingerprint density at radius 1 is 1.25 bits per heavy atom. The van der Waals surface area contributed by atoms with Crippen molar-refractivity contribution in [2.75, 3.05) is 13.1 Å². The van der Waals surface area contributed by atoms with Crippen molar-refractivity contribution in [3.05, 3.63) is 35.7 Å². The number of alkyl halides is 3. The van der Waals surface area contributed by atoms with Crippen molar-refractivity contribution in [2.45, 2.75) is 31.5 Å². The number of hydrogen-bond acceptors (Lipinski definition) is 5. The third-order valence-corrected chi connectivity index (χ3v) is 4.46. The lowest BCUT2D eigenvalue weighted by molar-refractivity contribution is -0.159. The fourth-order valence-electron chi connectivity index (χ4n) is 3.08. The molecule has 8 nitrogen and oxygen atoms in total. The highest BCUT2D eigenvalue weighted by Crippen LogP contribution is 2.29. The SMILES string of the molecule is NC(=O)NC[C@H]1CCCCN1C(=O)c1ccc(-c2noc(C(F)(F)F)n2)cc1. The van der Waals surface area contributed by atoms with Crippen molar-refractivity contribution in [2.24, 2.45) is 5.73 Å². The van der Waals surface area contributed by atoms with Crippen molar-refractivity contribution in [3.63, 3.8) is 0 Å². The lowest BCUT2D eigenvalue weighted by atomic mass is 10.0. The van der Waals surface area contributed by atoms with Crippen LogP contribution in [-0.2, 0) is 6.18 Å². The number of likely N-dealkylation sites (tertiary alicyclic amines) is 1. The lowest BCUT2D eigenvalue weighted by Gasteiger charge is -2.35. The van der Waals surface area contributed by atoms with E-state index < -0.39 is 18.1 Å². The van der Waals surface area contributed by atoms with E-state index in [2.05, 4.69) is 20.0 Å². The van der Waals surface area contributed by atoms with Crippen LogP contribution in [0.25, 0.3) is 11.4 Å². The summed E-state index contributed by atoms with van der Waals surface area (Å²) in [5.74, 6) is -1.87. The number of piperidine rings is 1. The molecule has 28 heavy (non-hydrogen) atoms. The van der Waals surface area contributed by atoms with Crippen molar-refractivity contribution in [3.8, 4) is 11.4 Å². The van der Waals surface area contributed by atoms with Gasteiger partial charge in [-0.05, 0) is 31.4 Å². The topological polar surface area (TPSA) is 114 Å². The van der Waals surface area contributed by atoms with Crippen LogP contribution in [0.4, 0.5) is 18.0 Å². The van der Waals surface area contributed by atoms with Crippen molar-refractivity contribution < 1.29 is 27.3 Å². The molecule has 1 aliphatic rings. The minimum atomic E-state index is -4.72. The van der Waals surface area contributed by atoms with Crippen LogP contribution in [0.5, 0.6) is 0 Å². The van der Waals surface area contributed by atoms with Gasteiger partial charge in [0.1, 0.15) is 0 Å². The highest BCUT2D eigenvalue weighted by atomic mass is 19.4. The summed E-state index contributed by atoms with van der Waals surface area (Å²) in [6.07, 6.45) is -2.19. The molecule has 1 aliphatic heterocycles. The Bertz CT molecular complexity index is 850. The molecule has 0 radical (unpaired) electrons. The number of halogens is 3. The van der Waals surface area contributed by atoms with E-state index in [0.29, 0.717) is 17.7 Å². The molecule has 0 unspecified atom stereocenters. The molecule has 0 aliphatic carbocycles. The first kappa shape index (κ1) is 19.6. The third kappa shape index (κ3) is 4.41. The molecule has 11 heteroatoms. The predicted octanol–water partition coefficient (Wildman–Crippen LogP) is 2.42. The number of primary amides is 1. The van der Waals surface area contributed by atoms with Gasteiger partial charge in [-0.2, -0.15) is 18.2 Å². The summed E-state index contributed by atoms with van der Waals surface area (Å²) in [7, 11) is 0. The van der Waals surface area contributed by atoms with E-state index in [4.69, 9.17) is 5.73 Å². The number of nitrogens with one attached hydrogen (secondary N) is 1. The Morgan fingerprint density at radius 3 is 2.57 bits per heavy atom. The van der Waals surface area contributed by atoms with Gasteiger partial charge in [0, 0.05) is 30.3 Å². The summed E-state index contributed by atoms with van der Waals surface area (Å²) in [5, 5.41) is 5.84. The molecule has 1 aromatic heterocycles. The molecule has 2 heterocycles. The molecular weight excluding hydrogens is 379 g/mol. The second-order valence-electron chi connectivity index (χ2n) is 6.39. The summed E-state index contributed by atoms with van der Waals surface area (Å²) in [6, 6.07) is 5.08. The van der Waals surface area contributed by atoms with Crippen LogP contribution in [-0.4, -0.2) is 46.1 Å². The van der Waals surface area contributed by atoms with E-state index in [9.17, 15) is 22.8 Å². The maximum absolute atomic E-state index is 12.8. The zero-order valence-corrected chi connectivity index (χ0v) is 14.7. The number of urea groups is 1. The lowest BCUT2D eigenvalue weighted by Crippen LogP contribution is -2.50. The van der Waals surface area contributed by atoms with Gasteiger partial charge in [0.15, 0.2) is 0 Å². The van der Waals surface area contributed by atoms with Gasteiger partial charge >= 0.3 is 18.1 Å². The van der Waals surface area contributed by atoms with Gasteiger partial charge < -0.3 is 20.5 Å². The molecular formula is C17H18F3N5O3. The molecule has 3 N–H and O–H groups in total. The maximum atomic E-state index is 12.8. The Hall–Kier alpha value is -3.11. The fourth-order valence-corrected chi connectivity index (χ4v) is 3.08. The maximum Gasteiger partial charge on any atom is 0.471 e. The molecule has 2 aromatic rings. The smallest absolute Gasteiger partial charge is 0.352 e. The molecule has 1 fully saturated rings. The van der Waals surface area contributed by atoms with Crippen molar-refractivity contribution in [1.29, 1.82) is 0 Å². The summed E-state index contributed by atoms with van der Waals surface area (Å²) in [6.45, 7) is 0.813. The second-order valence-corrected chi connectivity index (χ2v) is 6.39. The van der Waals surface area contributed by atoms with E-state index in [1.807, 2.05) is 0 Å². The van der Waals surface area contributed by atoms with Gasteiger partial charge in [0.2, 0.25) is 5.82 Å². The molecule has 1 atom stereocenters. The molecule has 3 rings (SSSR count). The van der Waals surface area contributed by atoms with E-state index in [0.717, 1.165) is 19.3 Å². The Morgan fingerprint density at radius 2 is 1.96 bits per heavy atom. The van der Waals surface area contributed by atoms with E-state index in [1.165, 1.54) is 24.3 Å². The highest BCUT2D eigenvalue weighted by molar-refractivity contribution is 5.95. The number of aromatic nitrogens is 2. The largest absolute Gasteiger partial charge is 0.471 e. The molecule has 0 bridgehead atoms. The number of nitrogens with zero attached hydrogens (tertiary/aromatic N) is 3. The monoisotopic (exact) mass is 397 g/mol. The van der Waals surface area contributed by atoms with Crippen LogP contribution < -0.4 is 11.1 Å². The molecule has 0 spiro atoms. The Labute approximate surface area is 157 Å². The average Bonchev–Trinajstić information content (AvgIpc) is 3.17. The van der Waals surface area contributed by atoms with Crippen molar-refractivity contribution >= 4 is 11.9 Å². The first-order valence-corrected chi connectivity index (χ1v) is 8.61. The number of benzene rings is 1. The number of nitrogens with two attached hydrogens (primary N) is 1. The normalized spacial score (nSPS) is 17.4. The molecule has 0 saturated carbocycles. The van der Waals surface area contributed by atoms with Crippen LogP contribution in [0.2, 0.25) is 0 Å². The van der Waals surface area contributed by atoms with Gasteiger partial charge in [-0.3, -0.25) is 4.79 Å². The van der Waals surface area contributed by atoms with Gasteiger partial charge in [-0.25, -0.2) is 4.79 Å². The summed E-state index contributed by atoms with van der Waals surface area (Å²) < 4.78 is 41.9. The Kier molecular flexibility index (Phi) is 5.52. The molecule has 150 valence electrons. The average molecular weight is 397 g/mol. The fraction of sp³-hybridized carbons (Fsp3) is 0.412. The van der Waals surface area contributed by atoms with Crippen LogP contribution in [0.1, 0.15) is 35.5 Å². The van der Waals surface area contributed by atoms with E-state index in [1.54, 1.807) is 4.90 Å². The van der Waals surface area contributed by atoms with Crippen LogP contribution in [0, 0.1) is 0 Å². The summed E-state index contributed by atoms with van der Waals surface area (Å²) in [4.78, 5) is 28.8. The number of carbonyl (C=O) groups excluding carboxylic acids is 2. The minimum absolute atomic E-state index is 0.167. The molecule has 1 aromatic carbocycles. The Balaban J connectivity index is 1.73. The number of carbonyl (C=O) groups is 2.